The zero-order valence-corrected chi connectivity index (χ0v) is 24.8. The van der Waals surface area contributed by atoms with Crippen LogP contribution in [0.25, 0.3) is 11.1 Å². The van der Waals surface area contributed by atoms with Gasteiger partial charge in [-0.2, -0.15) is 5.26 Å². The number of piperidine rings is 1. The van der Waals surface area contributed by atoms with Crippen molar-refractivity contribution in [2.75, 3.05) is 6.26 Å². The topological polar surface area (TPSA) is 105 Å². The fourth-order valence-electron chi connectivity index (χ4n) is 5.84. The number of hydrogen-bond donors (Lipinski definition) is 1. The SMILES string of the molecule is CC(C)c1cc(-c2ccc(C[C@@H](C#N)NC(=O)[C@@H]3[C@H]4CC[C@H](C4)N3C(=O)OC(C)(C)C)c(F)c2)ccc1[S+](C)[O-]. The van der Waals surface area contributed by atoms with Crippen LogP contribution in [-0.2, 0) is 27.1 Å². The number of nitriles is 1. The summed E-state index contributed by atoms with van der Waals surface area (Å²) in [5.74, 6) is -0.711. The summed E-state index contributed by atoms with van der Waals surface area (Å²) in [6.07, 6.45) is 3.51. The summed E-state index contributed by atoms with van der Waals surface area (Å²) in [5.41, 5.74) is 2.06. The number of hydrogen-bond acceptors (Lipinski definition) is 5. The Hall–Kier alpha value is -3.09. The van der Waals surface area contributed by atoms with Gasteiger partial charge in [-0.3, -0.25) is 9.69 Å². The molecule has 1 N–H and O–H groups in total. The lowest BCUT2D eigenvalue weighted by Crippen LogP contribution is -2.55. The number of fused-ring (bicyclic) bond motifs is 2. The van der Waals surface area contributed by atoms with E-state index in [1.165, 1.54) is 11.0 Å². The summed E-state index contributed by atoms with van der Waals surface area (Å²) >= 11 is -1.13. The molecule has 2 amide bonds. The van der Waals surface area contributed by atoms with Gasteiger partial charge in [-0.1, -0.05) is 26.0 Å². The van der Waals surface area contributed by atoms with Crippen molar-refractivity contribution in [1.82, 2.24) is 10.2 Å². The van der Waals surface area contributed by atoms with Crippen LogP contribution in [0.1, 0.15) is 70.9 Å². The summed E-state index contributed by atoms with van der Waals surface area (Å²) in [6.45, 7) is 9.40. The van der Waals surface area contributed by atoms with Gasteiger partial charge in [0.1, 0.15) is 29.8 Å². The van der Waals surface area contributed by atoms with E-state index >= 15 is 4.39 Å². The molecule has 2 aliphatic rings. The molecule has 214 valence electrons. The van der Waals surface area contributed by atoms with Crippen LogP contribution in [0.4, 0.5) is 9.18 Å². The Balaban J connectivity index is 1.48. The van der Waals surface area contributed by atoms with Gasteiger partial charge in [0.25, 0.3) is 0 Å². The summed E-state index contributed by atoms with van der Waals surface area (Å²) in [6, 6.07) is 10.8. The van der Waals surface area contributed by atoms with Gasteiger partial charge < -0.3 is 14.6 Å². The molecule has 1 saturated heterocycles. The van der Waals surface area contributed by atoms with E-state index in [2.05, 4.69) is 11.4 Å². The van der Waals surface area contributed by atoms with Crippen LogP contribution in [0, 0.1) is 23.1 Å². The molecule has 40 heavy (non-hydrogen) atoms. The van der Waals surface area contributed by atoms with Gasteiger partial charge in [0, 0.05) is 18.0 Å². The molecule has 0 spiro atoms. The molecule has 2 fully saturated rings. The van der Waals surface area contributed by atoms with Crippen LogP contribution in [0.15, 0.2) is 41.3 Å². The molecule has 2 bridgehead atoms. The third-order valence-corrected chi connectivity index (χ3v) is 8.67. The average molecular weight is 568 g/mol. The number of carbonyl (C=O) groups is 2. The van der Waals surface area contributed by atoms with Crippen molar-refractivity contribution in [2.45, 2.75) is 94.8 Å². The van der Waals surface area contributed by atoms with Crippen molar-refractivity contribution in [2.24, 2.45) is 5.92 Å². The molecule has 2 aromatic rings. The first kappa shape index (κ1) is 29.9. The van der Waals surface area contributed by atoms with E-state index < -0.39 is 46.7 Å². The summed E-state index contributed by atoms with van der Waals surface area (Å²) in [7, 11) is 0. The first-order chi connectivity index (χ1) is 18.8. The molecular formula is C31H38FN3O4S. The predicted molar refractivity (Wildman–Crippen MR) is 152 cm³/mol. The van der Waals surface area contributed by atoms with Crippen molar-refractivity contribution in [1.29, 1.82) is 5.26 Å². The van der Waals surface area contributed by atoms with E-state index in [0.717, 1.165) is 35.3 Å². The minimum Gasteiger partial charge on any atom is -0.612 e. The maximum absolute atomic E-state index is 15.2. The number of carbonyl (C=O) groups excluding carboxylic acids is 2. The Morgan fingerprint density at radius 2 is 1.88 bits per heavy atom. The Morgan fingerprint density at radius 3 is 2.48 bits per heavy atom. The number of nitrogens with one attached hydrogen (secondary N) is 1. The third-order valence-electron chi connectivity index (χ3n) is 7.68. The number of ether oxygens (including phenoxy) is 1. The second kappa shape index (κ2) is 11.8. The normalized spacial score (nSPS) is 21.7. The number of nitrogens with zero attached hydrogens (tertiary/aromatic N) is 2. The number of rotatable bonds is 7. The Kier molecular flexibility index (Phi) is 8.81. The monoisotopic (exact) mass is 567 g/mol. The highest BCUT2D eigenvalue weighted by atomic mass is 32.2. The van der Waals surface area contributed by atoms with Crippen LogP contribution in [-0.4, -0.2) is 51.4 Å². The highest BCUT2D eigenvalue weighted by Crippen LogP contribution is 2.43. The highest BCUT2D eigenvalue weighted by Gasteiger charge is 2.52. The van der Waals surface area contributed by atoms with Crippen molar-refractivity contribution in [3.63, 3.8) is 0 Å². The quantitative estimate of drug-likeness (QED) is 0.433. The van der Waals surface area contributed by atoms with Crippen LogP contribution in [0.2, 0.25) is 0 Å². The Morgan fingerprint density at radius 1 is 1.20 bits per heavy atom. The zero-order valence-electron chi connectivity index (χ0n) is 24.0. The predicted octanol–water partition coefficient (Wildman–Crippen LogP) is 5.69. The van der Waals surface area contributed by atoms with Gasteiger partial charge in [-0.05, 0) is 104 Å². The van der Waals surface area contributed by atoms with Crippen LogP contribution in [0.3, 0.4) is 0 Å². The number of benzene rings is 2. The van der Waals surface area contributed by atoms with Gasteiger partial charge in [0.15, 0.2) is 4.90 Å². The van der Waals surface area contributed by atoms with Gasteiger partial charge in [-0.15, -0.1) is 0 Å². The molecule has 1 aliphatic heterocycles. The van der Waals surface area contributed by atoms with E-state index in [9.17, 15) is 19.4 Å². The van der Waals surface area contributed by atoms with E-state index in [0.29, 0.717) is 11.1 Å². The largest absolute Gasteiger partial charge is 0.612 e. The zero-order chi connectivity index (χ0) is 29.4. The van der Waals surface area contributed by atoms with Gasteiger partial charge in [0.05, 0.1) is 6.07 Å². The number of amides is 2. The average Bonchev–Trinajstić information content (AvgIpc) is 3.50. The molecule has 1 aliphatic carbocycles. The van der Waals surface area contributed by atoms with Crippen molar-refractivity contribution >= 4 is 23.2 Å². The molecule has 4 rings (SSSR count). The molecule has 7 nitrogen and oxygen atoms in total. The molecule has 2 aromatic carbocycles. The van der Waals surface area contributed by atoms with Gasteiger partial charge in [-0.25, -0.2) is 9.18 Å². The second-order valence-corrected chi connectivity index (χ2v) is 13.5. The number of likely N-dealkylation sites (tertiary alicyclic amines) is 1. The molecule has 1 heterocycles. The lowest BCUT2D eigenvalue weighted by molar-refractivity contribution is -0.128. The van der Waals surface area contributed by atoms with Crippen molar-refractivity contribution in [3.05, 3.63) is 53.3 Å². The fourth-order valence-corrected chi connectivity index (χ4v) is 6.73. The standard InChI is InChI=1S/C31H38FN3O4S/c1-18(2)25-15-19(10-12-27(25)40(6)38)20-7-8-21(26(32)16-20)13-23(17-33)34-29(36)28-22-9-11-24(14-22)35(28)30(37)39-31(3,4)5/h7-8,10,12,15-16,18,22-24,28H,9,11,13-14H2,1-6H3,(H,34,36)/t22-,23-,24+,28-,40?/m0/s1. The van der Waals surface area contributed by atoms with Gasteiger partial charge in [0.2, 0.25) is 5.91 Å². The van der Waals surface area contributed by atoms with E-state index in [1.54, 1.807) is 39.2 Å². The summed E-state index contributed by atoms with van der Waals surface area (Å²) < 4.78 is 32.9. The molecule has 0 radical (unpaired) electrons. The van der Waals surface area contributed by atoms with Gasteiger partial charge >= 0.3 is 6.09 Å². The van der Waals surface area contributed by atoms with Crippen LogP contribution < -0.4 is 5.32 Å². The third kappa shape index (κ3) is 6.45. The van der Waals surface area contributed by atoms with E-state index in [1.807, 2.05) is 32.0 Å². The molecule has 9 heteroatoms. The molecule has 1 unspecified atom stereocenters. The van der Waals surface area contributed by atoms with Crippen LogP contribution >= 0.6 is 0 Å². The maximum atomic E-state index is 15.2. The maximum Gasteiger partial charge on any atom is 0.411 e. The Labute approximate surface area is 239 Å². The van der Waals surface area contributed by atoms with Crippen LogP contribution in [0.5, 0.6) is 0 Å². The fraction of sp³-hybridized carbons (Fsp3) is 0.516. The first-order valence-corrected chi connectivity index (χ1v) is 15.3. The first-order valence-electron chi connectivity index (χ1n) is 13.8. The van der Waals surface area contributed by atoms with E-state index in [-0.39, 0.29) is 24.3 Å². The minimum atomic E-state index is -1.13. The lowest BCUT2D eigenvalue weighted by atomic mass is 9.95. The second-order valence-electron chi connectivity index (χ2n) is 12.1. The lowest BCUT2D eigenvalue weighted by Gasteiger charge is -2.35. The Bertz CT molecular complexity index is 1320. The summed E-state index contributed by atoms with van der Waals surface area (Å²) in [5, 5.41) is 12.6. The molecular weight excluding hydrogens is 529 g/mol. The highest BCUT2D eigenvalue weighted by molar-refractivity contribution is 7.90. The number of halogens is 1. The van der Waals surface area contributed by atoms with E-state index in [4.69, 9.17) is 4.74 Å². The minimum absolute atomic E-state index is 0.00734. The van der Waals surface area contributed by atoms with Crippen molar-refractivity contribution in [3.8, 4) is 17.2 Å². The molecule has 1 saturated carbocycles. The summed E-state index contributed by atoms with van der Waals surface area (Å²) in [4.78, 5) is 28.5. The molecule has 0 aromatic heterocycles. The smallest absolute Gasteiger partial charge is 0.411 e. The molecule has 5 atom stereocenters. The van der Waals surface area contributed by atoms with Crippen molar-refractivity contribution < 1.29 is 23.3 Å².